The molecule has 2 amide bonds. The third-order valence-corrected chi connectivity index (χ3v) is 4.46. The molecular formula is C21H28FN3O3. The molecule has 0 spiro atoms. The maximum absolute atomic E-state index is 13.5. The summed E-state index contributed by atoms with van der Waals surface area (Å²) in [6.07, 6.45) is 0.661. The first-order valence-corrected chi connectivity index (χ1v) is 9.09. The lowest BCUT2D eigenvalue weighted by atomic mass is 10.1. The minimum absolute atomic E-state index is 0.118. The highest BCUT2D eigenvalue weighted by atomic mass is 19.1. The van der Waals surface area contributed by atoms with Crippen LogP contribution in [0.15, 0.2) is 42.5 Å². The van der Waals surface area contributed by atoms with Crippen LogP contribution in [-0.4, -0.2) is 52.3 Å². The molecule has 7 heteroatoms. The van der Waals surface area contributed by atoms with E-state index in [0.29, 0.717) is 31.0 Å². The third-order valence-electron chi connectivity index (χ3n) is 4.46. The summed E-state index contributed by atoms with van der Waals surface area (Å²) in [6, 6.07) is 11.7. The molecule has 28 heavy (non-hydrogen) atoms. The van der Waals surface area contributed by atoms with Gasteiger partial charge in [0, 0.05) is 13.1 Å². The number of carbonyl (C=O) groups is 1. The zero-order valence-corrected chi connectivity index (χ0v) is 16.8. The summed E-state index contributed by atoms with van der Waals surface area (Å²) in [5.74, 6) is 1.04. The van der Waals surface area contributed by atoms with Gasteiger partial charge in [0.1, 0.15) is 5.82 Å². The number of rotatable bonds is 9. The Morgan fingerprint density at radius 2 is 1.82 bits per heavy atom. The number of amides is 2. The molecule has 0 fully saturated rings. The number of nitrogens with one attached hydrogen (secondary N) is 2. The van der Waals surface area contributed by atoms with Gasteiger partial charge in [-0.25, -0.2) is 9.18 Å². The van der Waals surface area contributed by atoms with E-state index in [1.54, 1.807) is 20.3 Å². The van der Waals surface area contributed by atoms with E-state index >= 15 is 0 Å². The van der Waals surface area contributed by atoms with Gasteiger partial charge < -0.3 is 25.0 Å². The van der Waals surface area contributed by atoms with Crippen molar-refractivity contribution in [3.63, 3.8) is 0 Å². The Morgan fingerprint density at radius 3 is 2.46 bits per heavy atom. The number of nitrogens with zero attached hydrogens (tertiary/aromatic N) is 1. The predicted octanol–water partition coefficient (Wildman–Crippen LogP) is 2.99. The van der Waals surface area contributed by atoms with Crippen molar-refractivity contribution in [2.45, 2.75) is 12.5 Å². The Bertz CT molecular complexity index is 783. The Balaban J connectivity index is 1.83. The van der Waals surface area contributed by atoms with Gasteiger partial charge >= 0.3 is 6.03 Å². The van der Waals surface area contributed by atoms with Gasteiger partial charge in [0.15, 0.2) is 11.5 Å². The predicted molar refractivity (Wildman–Crippen MR) is 107 cm³/mol. The first-order valence-electron chi connectivity index (χ1n) is 9.09. The number of hydrogen-bond donors (Lipinski definition) is 2. The summed E-state index contributed by atoms with van der Waals surface area (Å²) in [4.78, 5) is 14.1. The number of hydrogen-bond acceptors (Lipinski definition) is 4. The minimum Gasteiger partial charge on any atom is -0.493 e. The number of methoxy groups -OCH3 is 2. The first-order chi connectivity index (χ1) is 13.4. The molecule has 2 N–H and O–H groups in total. The highest BCUT2D eigenvalue weighted by Crippen LogP contribution is 2.27. The Hall–Kier alpha value is -2.80. The lowest BCUT2D eigenvalue weighted by Gasteiger charge is -2.25. The SMILES string of the molecule is COc1ccc(CCNC(=O)NCC(c2cccc(F)c2)N(C)C)cc1OC. The monoisotopic (exact) mass is 389 g/mol. The van der Waals surface area contributed by atoms with E-state index in [1.165, 1.54) is 12.1 Å². The van der Waals surface area contributed by atoms with Crippen LogP contribution in [0, 0.1) is 5.82 Å². The van der Waals surface area contributed by atoms with Gasteiger partial charge in [0.2, 0.25) is 0 Å². The lowest BCUT2D eigenvalue weighted by Crippen LogP contribution is -2.41. The summed E-state index contributed by atoms with van der Waals surface area (Å²) in [6.45, 7) is 0.854. The van der Waals surface area contributed by atoms with Crippen molar-refractivity contribution >= 4 is 6.03 Å². The molecule has 152 valence electrons. The number of benzene rings is 2. The van der Waals surface area contributed by atoms with Crippen molar-refractivity contribution in [1.29, 1.82) is 0 Å². The summed E-state index contributed by atoms with van der Waals surface area (Å²) in [7, 11) is 6.97. The highest BCUT2D eigenvalue weighted by molar-refractivity contribution is 5.73. The molecule has 0 radical (unpaired) electrons. The second-order valence-electron chi connectivity index (χ2n) is 6.61. The third kappa shape index (κ3) is 6.13. The number of ether oxygens (including phenoxy) is 2. The minimum atomic E-state index is -0.288. The average Bonchev–Trinajstić information content (AvgIpc) is 2.67. The smallest absolute Gasteiger partial charge is 0.314 e. The summed E-state index contributed by atoms with van der Waals surface area (Å²) < 4.78 is 24.0. The van der Waals surface area contributed by atoms with Crippen LogP contribution >= 0.6 is 0 Å². The lowest BCUT2D eigenvalue weighted by molar-refractivity contribution is 0.233. The molecule has 0 bridgehead atoms. The van der Waals surface area contributed by atoms with Crippen LogP contribution < -0.4 is 20.1 Å². The molecule has 6 nitrogen and oxygen atoms in total. The topological polar surface area (TPSA) is 62.8 Å². The van der Waals surface area contributed by atoms with Gasteiger partial charge in [-0.15, -0.1) is 0 Å². The van der Waals surface area contributed by atoms with Crippen molar-refractivity contribution in [3.8, 4) is 11.5 Å². The van der Waals surface area contributed by atoms with Crippen LogP contribution in [0.25, 0.3) is 0 Å². The molecule has 2 aromatic rings. The molecule has 0 aliphatic rings. The molecule has 2 rings (SSSR count). The van der Waals surface area contributed by atoms with E-state index in [1.807, 2.05) is 43.3 Å². The summed E-state index contributed by atoms with van der Waals surface area (Å²) in [5.41, 5.74) is 1.85. The molecule has 1 atom stereocenters. The zero-order valence-electron chi connectivity index (χ0n) is 16.8. The number of likely N-dealkylation sites (N-methyl/N-ethyl adjacent to an activating group) is 1. The number of halogens is 1. The molecule has 0 aromatic heterocycles. The maximum Gasteiger partial charge on any atom is 0.314 e. The van der Waals surface area contributed by atoms with Crippen LogP contribution in [0.4, 0.5) is 9.18 Å². The fourth-order valence-electron chi connectivity index (χ4n) is 2.92. The molecule has 0 saturated heterocycles. The molecule has 0 aliphatic carbocycles. The second-order valence-corrected chi connectivity index (χ2v) is 6.61. The highest BCUT2D eigenvalue weighted by Gasteiger charge is 2.15. The van der Waals surface area contributed by atoms with Gasteiger partial charge in [-0.1, -0.05) is 18.2 Å². The van der Waals surface area contributed by atoms with Crippen molar-refractivity contribution < 1.29 is 18.7 Å². The fourth-order valence-corrected chi connectivity index (χ4v) is 2.92. The Kier molecular flexibility index (Phi) is 8.07. The van der Waals surface area contributed by atoms with Crippen LogP contribution in [0.5, 0.6) is 11.5 Å². The number of urea groups is 1. The molecule has 1 unspecified atom stereocenters. The molecule has 0 heterocycles. The van der Waals surface area contributed by atoms with E-state index in [-0.39, 0.29) is 17.9 Å². The first kappa shape index (κ1) is 21.5. The van der Waals surface area contributed by atoms with Crippen molar-refractivity contribution in [2.24, 2.45) is 0 Å². The maximum atomic E-state index is 13.5. The summed E-state index contributed by atoms with van der Waals surface area (Å²) in [5, 5.41) is 5.69. The zero-order chi connectivity index (χ0) is 20.5. The van der Waals surface area contributed by atoms with Crippen LogP contribution in [-0.2, 0) is 6.42 Å². The second kappa shape index (κ2) is 10.5. The van der Waals surface area contributed by atoms with Gasteiger partial charge in [-0.3, -0.25) is 0 Å². The van der Waals surface area contributed by atoms with Crippen molar-refractivity contribution in [3.05, 3.63) is 59.4 Å². The van der Waals surface area contributed by atoms with Crippen LogP contribution in [0.3, 0.4) is 0 Å². The van der Waals surface area contributed by atoms with Gasteiger partial charge in [-0.2, -0.15) is 0 Å². The number of carbonyl (C=O) groups excluding carboxylic acids is 1. The molecule has 2 aromatic carbocycles. The standard InChI is InChI=1S/C21H28FN3O3/c1-25(2)18(16-6-5-7-17(22)13-16)14-24-21(26)23-11-10-15-8-9-19(27-3)20(12-15)28-4/h5-9,12-13,18H,10-11,14H2,1-4H3,(H2,23,24,26). The van der Waals surface area contributed by atoms with E-state index in [0.717, 1.165) is 11.1 Å². The van der Waals surface area contributed by atoms with E-state index in [4.69, 9.17) is 9.47 Å². The van der Waals surface area contributed by atoms with Gasteiger partial charge in [0.25, 0.3) is 0 Å². The van der Waals surface area contributed by atoms with E-state index in [2.05, 4.69) is 10.6 Å². The van der Waals surface area contributed by atoms with Gasteiger partial charge in [0.05, 0.1) is 20.3 Å². The molecular weight excluding hydrogens is 361 g/mol. The Labute approximate surface area is 165 Å². The summed E-state index contributed by atoms with van der Waals surface area (Å²) >= 11 is 0. The van der Waals surface area contributed by atoms with E-state index in [9.17, 15) is 9.18 Å². The average molecular weight is 389 g/mol. The quantitative estimate of drug-likeness (QED) is 0.692. The van der Waals surface area contributed by atoms with Gasteiger partial charge in [-0.05, 0) is 55.9 Å². The van der Waals surface area contributed by atoms with E-state index < -0.39 is 0 Å². The van der Waals surface area contributed by atoms with Crippen LogP contribution in [0.1, 0.15) is 17.2 Å². The normalized spacial score (nSPS) is 11.8. The van der Waals surface area contributed by atoms with Crippen molar-refractivity contribution in [1.82, 2.24) is 15.5 Å². The van der Waals surface area contributed by atoms with Crippen LogP contribution in [0.2, 0.25) is 0 Å². The Morgan fingerprint density at radius 1 is 1.07 bits per heavy atom. The fraction of sp³-hybridized carbons (Fsp3) is 0.381. The molecule has 0 aliphatic heterocycles. The van der Waals surface area contributed by atoms with Crippen molar-refractivity contribution in [2.75, 3.05) is 41.4 Å². The molecule has 0 saturated carbocycles. The largest absolute Gasteiger partial charge is 0.493 e.